The monoisotopic (exact) mass is 625 g/mol. The summed E-state index contributed by atoms with van der Waals surface area (Å²) in [6, 6.07) is 26.9. The first-order chi connectivity index (χ1) is 21.2. The van der Waals surface area contributed by atoms with E-state index in [0.29, 0.717) is 18.8 Å². The molecule has 0 amide bonds. The van der Waals surface area contributed by atoms with Gasteiger partial charge in [0.25, 0.3) is 5.69 Å². The highest BCUT2D eigenvalue weighted by molar-refractivity contribution is 7.55. The molecule has 10 heteroatoms. The van der Waals surface area contributed by atoms with Crippen molar-refractivity contribution in [1.29, 1.82) is 0 Å². The molecule has 0 saturated carbocycles. The van der Waals surface area contributed by atoms with Crippen LogP contribution in [0.4, 0.5) is 5.69 Å². The van der Waals surface area contributed by atoms with Crippen molar-refractivity contribution >= 4 is 13.4 Å². The number of quaternary nitrogens is 2. The number of benzene rings is 3. The Bertz CT molecular complexity index is 1230. The van der Waals surface area contributed by atoms with Gasteiger partial charge in [0, 0.05) is 49.2 Å². The molecule has 0 heterocycles. The van der Waals surface area contributed by atoms with Crippen LogP contribution in [0.1, 0.15) is 51.7 Å². The highest BCUT2D eigenvalue weighted by Crippen LogP contribution is 2.39. The van der Waals surface area contributed by atoms with E-state index in [4.69, 9.17) is 4.52 Å². The average molecular weight is 626 g/mol. The van der Waals surface area contributed by atoms with Crippen LogP contribution in [0.15, 0.2) is 84.9 Å². The molecule has 240 valence electrons. The molecular formula is C34H52N5O4P+2. The Hall–Kier alpha value is -3.07. The minimum Gasteiger partial charge on any atom is -0.422 e. The molecule has 0 bridgehead atoms. The number of nitrogens with zero attached hydrogens (tertiary/aromatic N) is 3. The summed E-state index contributed by atoms with van der Waals surface area (Å²) < 4.78 is 22.0. The van der Waals surface area contributed by atoms with Gasteiger partial charge in [-0.25, -0.2) is 14.7 Å². The maximum atomic E-state index is 14.1. The fourth-order valence-electron chi connectivity index (χ4n) is 5.81. The van der Waals surface area contributed by atoms with Crippen LogP contribution < -0.4 is 14.7 Å². The van der Waals surface area contributed by atoms with Crippen LogP contribution in [-0.2, 0) is 17.7 Å². The van der Waals surface area contributed by atoms with Crippen molar-refractivity contribution in [1.82, 2.24) is 10.2 Å². The van der Waals surface area contributed by atoms with E-state index < -0.39 is 12.6 Å². The van der Waals surface area contributed by atoms with E-state index in [-0.39, 0.29) is 5.69 Å². The number of nitro groups is 1. The summed E-state index contributed by atoms with van der Waals surface area (Å²) >= 11 is 0. The molecule has 0 atom stereocenters. The van der Waals surface area contributed by atoms with Crippen molar-refractivity contribution in [3.05, 3.63) is 106 Å². The van der Waals surface area contributed by atoms with Gasteiger partial charge in [0.15, 0.2) is 0 Å². The van der Waals surface area contributed by atoms with Crippen molar-refractivity contribution in [2.75, 3.05) is 52.4 Å². The average Bonchev–Trinajstić information content (AvgIpc) is 3.05. The summed E-state index contributed by atoms with van der Waals surface area (Å²) in [5, 5.41) is 17.5. The highest BCUT2D eigenvalue weighted by Gasteiger charge is 2.28. The minimum atomic E-state index is -3.49. The first-order valence-electron chi connectivity index (χ1n) is 16.0. The van der Waals surface area contributed by atoms with E-state index in [2.05, 4.69) is 86.4 Å². The van der Waals surface area contributed by atoms with Crippen LogP contribution >= 0.6 is 7.67 Å². The third kappa shape index (κ3) is 10.8. The van der Waals surface area contributed by atoms with Gasteiger partial charge in [0.1, 0.15) is 18.8 Å². The van der Waals surface area contributed by atoms with Crippen LogP contribution in [0.5, 0.6) is 5.75 Å². The number of rotatable bonds is 21. The second-order valence-electron chi connectivity index (χ2n) is 11.6. The molecule has 2 N–H and O–H groups in total. The fraction of sp³-hybridized carbons (Fsp3) is 0.471. The summed E-state index contributed by atoms with van der Waals surface area (Å²) in [6.07, 6.45) is 1.65. The van der Waals surface area contributed by atoms with Crippen LogP contribution in [-0.4, -0.2) is 66.2 Å². The molecule has 44 heavy (non-hydrogen) atoms. The largest absolute Gasteiger partial charge is 0.422 e. The Labute approximate surface area is 264 Å². The lowest BCUT2D eigenvalue weighted by Crippen LogP contribution is -2.48. The normalized spacial score (nSPS) is 12.3. The molecule has 0 aliphatic carbocycles. The van der Waals surface area contributed by atoms with Gasteiger partial charge in [-0.1, -0.05) is 60.7 Å². The van der Waals surface area contributed by atoms with E-state index in [1.807, 2.05) is 12.1 Å². The molecular weight excluding hydrogens is 573 g/mol. The van der Waals surface area contributed by atoms with E-state index in [1.165, 1.54) is 35.4 Å². The zero-order valence-corrected chi connectivity index (χ0v) is 27.9. The molecule has 0 aliphatic rings. The fourth-order valence-corrected chi connectivity index (χ4v) is 7.37. The van der Waals surface area contributed by atoms with Crippen molar-refractivity contribution in [3.63, 3.8) is 0 Å². The quantitative estimate of drug-likeness (QED) is 0.0429. The summed E-state index contributed by atoms with van der Waals surface area (Å²) in [5.74, 6) is 0.326. The topological polar surface area (TPSA) is 93.5 Å². The van der Waals surface area contributed by atoms with Gasteiger partial charge < -0.3 is 13.5 Å². The predicted octanol–water partition coefficient (Wildman–Crippen LogP) is 7.15. The molecule has 0 saturated heterocycles. The van der Waals surface area contributed by atoms with Crippen molar-refractivity contribution in [3.8, 4) is 5.75 Å². The van der Waals surface area contributed by atoms with Crippen molar-refractivity contribution < 1.29 is 23.0 Å². The van der Waals surface area contributed by atoms with Gasteiger partial charge in [-0.2, -0.15) is 0 Å². The lowest BCUT2D eigenvalue weighted by atomic mass is 10.1. The number of hydrogen-bond donors (Lipinski definition) is 2. The molecule has 9 nitrogen and oxygen atoms in total. The Morgan fingerprint density at radius 3 is 1.45 bits per heavy atom. The first kappa shape index (κ1) is 35.4. The molecule has 3 aromatic rings. The van der Waals surface area contributed by atoms with Gasteiger partial charge in [-0.05, 0) is 39.8 Å². The Morgan fingerprint density at radius 2 is 1.09 bits per heavy atom. The highest BCUT2D eigenvalue weighted by atomic mass is 31.2. The predicted molar refractivity (Wildman–Crippen MR) is 179 cm³/mol. The van der Waals surface area contributed by atoms with Crippen LogP contribution in [0, 0.1) is 10.1 Å². The molecule has 0 aliphatic heterocycles. The number of non-ortho nitro benzene ring substituents is 1. The standard InChI is InChI=1S/C34H52N5O4P/c1-5-38(6-2,29-31-17-11-9-12-18-31)27-15-25-35-44(42,43-34-23-21-33(22-24-34)37(40)41)36-26-16-28-39(7-3,8-4)30-32-19-13-10-14-20-32/h9-14,17-24H,5-8,15-16,25-30H2,1-4H3,(H2,35,36,42)/q+2. The molecule has 0 radical (unpaired) electrons. The van der Waals surface area contributed by atoms with E-state index >= 15 is 0 Å². The third-order valence-corrected chi connectivity index (χ3v) is 10.7. The minimum absolute atomic E-state index is 0.0357. The van der Waals surface area contributed by atoms with E-state index in [0.717, 1.165) is 74.2 Å². The lowest BCUT2D eigenvalue weighted by Gasteiger charge is -2.37. The van der Waals surface area contributed by atoms with Crippen molar-refractivity contribution in [2.24, 2.45) is 0 Å². The Kier molecular flexibility index (Phi) is 14.0. The second-order valence-corrected chi connectivity index (χ2v) is 13.5. The van der Waals surface area contributed by atoms with Gasteiger partial charge in [-0.15, -0.1) is 0 Å². The smallest absolute Gasteiger partial charge is 0.390 e. The molecule has 0 unspecified atom stereocenters. The Balaban J connectivity index is 1.64. The maximum Gasteiger partial charge on any atom is 0.390 e. The Morgan fingerprint density at radius 1 is 0.682 bits per heavy atom. The molecule has 0 spiro atoms. The van der Waals surface area contributed by atoms with Crippen LogP contribution in [0.2, 0.25) is 0 Å². The van der Waals surface area contributed by atoms with Crippen LogP contribution in [0.25, 0.3) is 0 Å². The van der Waals surface area contributed by atoms with E-state index in [1.54, 1.807) is 0 Å². The van der Waals surface area contributed by atoms with E-state index in [9.17, 15) is 14.7 Å². The molecule has 3 aromatic carbocycles. The van der Waals surface area contributed by atoms with Gasteiger partial charge >= 0.3 is 7.67 Å². The summed E-state index contributed by atoms with van der Waals surface area (Å²) in [5.41, 5.74) is 2.60. The maximum absolute atomic E-state index is 14.1. The molecule has 0 aromatic heterocycles. The van der Waals surface area contributed by atoms with Crippen LogP contribution in [0.3, 0.4) is 0 Å². The van der Waals surface area contributed by atoms with Gasteiger partial charge in [0.05, 0.1) is 44.2 Å². The molecule has 0 fully saturated rings. The number of nitro benzene ring substituents is 1. The van der Waals surface area contributed by atoms with Gasteiger partial charge in [-0.3, -0.25) is 10.1 Å². The zero-order valence-electron chi connectivity index (χ0n) is 27.0. The SMILES string of the molecule is CC[N+](CC)(CCCNP(=O)(NCCC[N+](CC)(CC)Cc1ccccc1)Oc1ccc([N+](=O)[O-])cc1)Cc1ccccc1. The first-order valence-corrected chi connectivity index (χ1v) is 17.6. The lowest BCUT2D eigenvalue weighted by molar-refractivity contribution is -0.937. The zero-order chi connectivity index (χ0) is 31.9. The summed E-state index contributed by atoms with van der Waals surface area (Å²) in [4.78, 5) is 10.7. The summed E-state index contributed by atoms with van der Waals surface area (Å²) in [7, 11) is -3.49. The summed E-state index contributed by atoms with van der Waals surface area (Å²) in [6.45, 7) is 17.8. The second kappa shape index (κ2) is 17.4. The van der Waals surface area contributed by atoms with Gasteiger partial charge in [0.2, 0.25) is 0 Å². The number of nitrogens with one attached hydrogen (secondary N) is 2. The van der Waals surface area contributed by atoms with Crippen molar-refractivity contribution in [2.45, 2.75) is 53.6 Å². The molecule has 3 rings (SSSR count). The third-order valence-electron chi connectivity index (χ3n) is 8.94. The number of hydrogen-bond acceptors (Lipinski definition) is 4.